The van der Waals surface area contributed by atoms with Crippen LogP contribution < -0.4 is 15.8 Å². The van der Waals surface area contributed by atoms with Gasteiger partial charge < -0.3 is 24.4 Å². The number of rotatable bonds is 6. The molecule has 0 unspecified atom stereocenters. The lowest BCUT2D eigenvalue weighted by atomic mass is 10.1. The molecule has 15 heteroatoms. The number of alkyl halides is 3. The number of benzene rings is 1. The minimum absolute atomic E-state index is 0.0138. The second-order valence-electron chi connectivity index (χ2n) is 9.98. The molecule has 0 radical (unpaired) electrons. The molecule has 4 heterocycles. The Labute approximate surface area is 243 Å². The van der Waals surface area contributed by atoms with E-state index >= 15 is 0 Å². The second kappa shape index (κ2) is 11.8. The van der Waals surface area contributed by atoms with Gasteiger partial charge in [0.15, 0.2) is 5.82 Å². The van der Waals surface area contributed by atoms with Gasteiger partial charge >= 0.3 is 6.18 Å². The fraction of sp³-hybridized carbons (Fsp3) is 0.444. The number of fused-ring (bicyclic) bond motifs is 1. The number of hydrogen-bond donors (Lipinski definition) is 1. The summed E-state index contributed by atoms with van der Waals surface area (Å²) in [5.74, 6) is -0.142. The van der Waals surface area contributed by atoms with Gasteiger partial charge in [0.1, 0.15) is 12.2 Å². The number of anilines is 2. The van der Waals surface area contributed by atoms with Crippen LogP contribution in [0.2, 0.25) is 5.02 Å². The van der Waals surface area contributed by atoms with Gasteiger partial charge in [-0.3, -0.25) is 14.4 Å². The number of aromatic nitrogens is 4. The Kier molecular flexibility index (Phi) is 8.28. The zero-order valence-electron chi connectivity index (χ0n) is 23.0. The van der Waals surface area contributed by atoms with Gasteiger partial charge in [0, 0.05) is 33.1 Å². The number of amides is 2. The van der Waals surface area contributed by atoms with Crippen molar-refractivity contribution in [2.24, 2.45) is 0 Å². The molecule has 0 bridgehead atoms. The summed E-state index contributed by atoms with van der Waals surface area (Å²) in [7, 11) is 0. The van der Waals surface area contributed by atoms with Crippen molar-refractivity contribution in [3.63, 3.8) is 0 Å². The number of hydrogen-bond acceptors (Lipinski definition) is 7. The van der Waals surface area contributed by atoms with Gasteiger partial charge in [0.25, 0.3) is 5.56 Å². The molecule has 42 heavy (non-hydrogen) atoms. The average Bonchev–Trinajstić information content (AvgIpc) is 3.41. The van der Waals surface area contributed by atoms with E-state index in [1.807, 2.05) is 17.9 Å². The Bertz CT molecular complexity index is 1620. The van der Waals surface area contributed by atoms with Crippen molar-refractivity contribution >= 4 is 46.1 Å². The maximum Gasteiger partial charge on any atom is 0.416 e. The van der Waals surface area contributed by atoms with Gasteiger partial charge in [0.2, 0.25) is 17.6 Å². The summed E-state index contributed by atoms with van der Waals surface area (Å²) in [5.41, 5.74) is 0.385. The lowest BCUT2D eigenvalue weighted by molar-refractivity contribution is -0.137. The Morgan fingerprint density at radius 1 is 1.17 bits per heavy atom. The minimum Gasteiger partial charge on any atom is -0.377 e. The number of nitrogens with one attached hydrogen (secondary N) is 1. The number of carbonyl (C=O) groups is 2. The molecule has 1 fully saturated rings. The van der Waals surface area contributed by atoms with Gasteiger partial charge in [-0.15, -0.1) is 5.10 Å². The zero-order chi connectivity index (χ0) is 30.2. The summed E-state index contributed by atoms with van der Waals surface area (Å²) in [5, 5.41) is 6.82. The van der Waals surface area contributed by atoms with Gasteiger partial charge in [-0.25, -0.2) is 0 Å². The molecule has 2 aliphatic rings. The van der Waals surface area contributed by atoms with Crippen LogP contribution in [0, 0.1) is 0 Å². The highest BCUT2D eigenvalue weighted by atomic mass is 35.5. The normalized spacial score (nSPS) is 16.1. The Hall–Kier alpha value is -3.91. The zero-order valence-corrected chi connectivity index (χ0v) is 23.8. The van der Waals surface area contributed by atoms with Crippen LogP contribution in [0.3, 0.4) is 0 Å². The molecule has 3 aromatic rings. The number of nitrogens with zero attached hydrogens (tertiary/aromatic N) is 6. The first-order chi connectivity index (χ1) is 20.0. The molecule has 2 aromatic heterocycles. The molecule has 0 aliphatic carbocycles. The van der Waals surface area contributed by atoms with Crippen LogP contribution in [-0.2, 0) is 33.5 Å². The molecule has 0 spiro atoms. The molecule has 1 aromatic carbocycles. The molecule has 11 nitrogen and oxygen atoms in total. The summed E-state index contributed by atoms with van der Waals surface area (Å²) in [6, 6.07) is 2.68. The quantitative estimate of drug-likeness (QED) is 0.458. The first-order valence-corrected chi connectivity index (χ1v) is 13.8. The standard InChI is InChI=1S/C27H29ClF3N7O4/c1-3-21-23(36-10-8-35(9-11-36)16(2)39)25(41)38-26(33-24(34-38)17-6-12-42-13-7-17)37(21)15-22(40)32-20-5-4-18(14-19(20)28)27(29,30)31/h4-6,14H,3,7-13,15H2,1-2H3,(H,32,40). The van der Waals surface area contributed by atoms with Crippen molar-refractivity contribution < 1.29 is 27.5 Å². The predicted octanol–water partition coefficient (Wildman–Crippen LogP) is 3.24. The van der Waals surface area contributed by atoms with Gasteiger partial charge in [-0.05, 0) is 36.6 Å². The number of ether oxygens (including phenoxy) is 1. The SMILES string of the molecule is CCc1c(N2CCN(C(C)=O)CC2)c(=O)n2nc(C3=CCOCC3)nc2n1CC(=O)Nc1ccc(C(F)(F)F)cc1Cl. The number of carbonyl (C=O) groups excluding carboxylic acids is 2. The van der Waals surface area contributed by atoms with Crippen molar-refractivity contribution in [2.75, 3.05) is 49.6 Å². The van der Waals surface area contributed by atoms with Crippen LogP contribution in [-0.4, -0.2) is 75.3 Å². The summed E-state index contributed by atoms with van der Waals surface area (Å²) in [6.45, 7) is 5.57. The molecule has 1 N–H and O–H groups in total. The Balaban J connectivity index is 1.56. The van der Waals surface area contributed by atoms with Crippen LogP contribution >= 0.6 is 11.6 Å². The third-order valence-electron chi connectivity index (χ3n) is 7.32. The fourth-order valence-corrected chi connectivity index (χ4v) is 5.39. The topological polar surface area (TPSA) is 114 Å². The van der Waals surface area contributed by atoms with Crippen LogP contribution in [0.4, 0.5) is 24.5 Å². The van der Waals surface area contributed by atoms with Crippen molar-refractivity contribution in [1.29, 1.82) is 0 Å². The van der Waals surface area contributed by atoms with Gasteiger partial charge in [-0.1, -0.05) is 24.6 Å². The van der Waals surface area contributed by atoms with E-state index in [1.54, 1.807) is 9.47 Å². The van der Waals surface area contributed by atoms with E-state index in [2.05, 4.69) is 15.4 Å². The van der Waals surface area contributed by atoms with Crippen molar-refractivity contribution in [3.05, 3.63) is 56.7 Å². The summed E-state index contributed by atoms with van der Waals surface area (Å²) < 4.78 is 47.4. The van der Waals surface area contributed by atoms with Crippen LogP contribution in [0.1, 0.15) is 37.4 Å². The molecule has 5 rings (SSSR count). The average molecular weight is 608 g/mol. The van der Waals surface area contributed by atoms with E-state index in [4.69, 9.17) is 16.3 Å². The molecule has 1 saturated heterocycles. The lowest BCUT2D eigenvalue weighted by Gasteiger charge is -2.36. The third kappa shape index (κ3) is 5.86. The number of halogens is 4. The maximum atomic E-state index is 13.9. The van der Waals surface area contributed by atoms with E-state index < -0.39 is 23.2 Å². The maximum absolute atomic E-state index is 13.9. The molecule has 2 aliphatic heterocycles. The highest BCUT2D eigenvalue weighted by Gasteiger charge is 2.31. The van der Waals surface area contributed by atoms with Crippen molar-refractivity contribution in [2.45, 2.75) is 39.4 Å². The molecule has 0 saturated carbocycles. The van der Waals surface area contributed by atoms with Crippen molar-refractivity contribution in [1.82, 2.24) is 24.1 Å². The second-order valence-corrected chi connectivity index (χ2v) is 10.4. The monoisotopic (exact) mass is 607 g/mol. The molecule has 0 atom stereocenters. The fourth-order valence-electron chi connectivity index (χ4n) is 5.17. The Morgan fingerprint density at radius 3 is 2.50 bits per heavy atom. The van der Waals surface area contributed by atoms with E-state index in [1.165, 1.54) is 11.4 Å². The minimum atomic E-state index is -4.58. The Morgan fingerprint density at radius 2 is 1.90 bits per heavy atom. The van der Waals surface area contributed by atoms with Gasteiger partial charge in [0.05, 0.1) is 35.2 Å². The van der Waals surface area contributed by atoms with Crippen LogP contribution in [0.5, 0.6) is 0 Å². The van der Waals surface area contributed by atoms with E-state index in [0.29, 0.717) is 69.4 Å². The first-order valence-electron chi connectivity index (χ1n) is 13.4. The lowest BCUT2D eigenvalue weighted by Crippen LogP contribution is -2.50. The highest BCUT2D eigenvalue weighted by Crippen LogP contribution is 2.34. The largest absolute Gasteiger partial charge is 0.416 e. The van der Waals surface area contributed by atoms with E-state index in [9.17, 15) is 27.6 Å². The van der Waals surface area contributed by atoms with E-state index in [-0.39, 0.29) is 28.9 Å². The summed E-state index contributed by atoms with van der Waals surface area (Å²) in [4.78, 5) is 47.3. The highest BCUT2D eigenvalue weighted by molar-refractivity contribution is 6.33. The van der Waals surface area contributed by atoms with Crippen LogP contribution in [0.25, 0.3) is 11.4 Å². The molecule has 224 valence electrons. The molecular weight excluding hydrogens is 579 g/mol. The molecule has 2 amide bonds. The smallest absolute Gasteiger partial charge is 0.377 e. The van der Waals surface area contributed by atoms with Crippen LogP contribution in [0.15, 0.2) is 29.1 Å². The number of piperazine rings is 1. The van der Waals surface area contributed by atoms with Gasteiger partial charge in [-0.2, -0.15) is 22.7 Å². The predicted molar refractivity (Wildman–Crippen MR) is 150 cm³/mol. The third-order valence-corrected chi connectivity index (χ3v) is 7.64. The molecular formula is C27H29ClF3N7O4. The summed E-state index contributed by atoms with van der Waals surface area (Å²) >= 11 is 6.07. The summed E-state index contributed by atoms with van der Waals surface area (Å²) in [6.07, 6.45) is -1.82. The first kappa shape index (κ1) is 29.6. The van der Waals surface area contributed by atoms with E-state index in [0.717, 1.165) is 23.8 Å². The van der Waals surface area contributed by atoms with Crippen molar-refractivity contribution in [3.8, 4) is 0 Å².